The second kappa shape index (κ2) is 12.3. The van der Waals surface area contributed by atoms with E-state index in [0.29, 0.717) is 5.92 Å². The molecule has 0 aromatic heterocycles. The number of likely N-dealkylation sites (N-methyl/N-ethyl adjacent to an activating group) is 1. The summed E-state index contributed by atoms with van der Waals surface area (Å²) in [6.45, 7) is 14.8. The smallest absolute Gasteiger partial charge is 0.119 e. The predicted octanol–water partition coefficient (Wildman–Crippen LogP) is 2.73. The van der Waals surface area contributed by atoms with Crippen LogP contribution in [0, 0.1) is 5.92 Å². The zero-order valence-corrected chi connectivity index (χ0v) is 19.4. The van der Waals surface area contributed by atoms with Crippen LogP contribution >= 0.6 is 24.8 Å². The molecule has 3 aliphatic rings. The summed E-state index contributed by atoms with van der Waals surface area (Å²) in [4.78, 5) is 7.76. The van der Waals surface area contributed by atoms with E-state index in [0.717, 1.165) is 31.5 Å². The fourth-order valence-electron chi connectivity index (χ4n) is 4.78. The van der Waals surface area contributed by atoms with E-state index in [4.69, 9.17) is 4.74 Å². The Morgan fingerprint density at radius 2 is 1.83 bits per heavy atom. The molecule has 2 atom stereocenters. The van der Waals surface area contributed by atoms with Gasteiger partial charge in [-0.15, -0.1) is 24.8 Å². The molecule has 1 N–H and O–H groups in total. The number of hydrogen-bond donors (Lipinski definition) is 1. The number of nitrogens with one attached hydrogen (secondary N) is 1. The quantitative estimate of drug-likeness (QED) is 0.728. The fourth-order valence-corrected chi connectivity index (χ4v) is 4.78. The molecule has 3 fully saturated rings. The van der Waals surface area contributed by atoms with Gasteiger partial charge in [-0.05, 0) is 37.1 Å². The van der Waals surface area contributed by atoms with E-state index in [9.17, 15) is 0 Å². The molecule has 3 aliphatic heterocycles. The van der Waals surface area contributed by atoms with Gasteiger partial charge in [-0.3, -0.25) is 9.80 Å². The van der Waals surface area contributed by atoms with Gasteiger partial charge in [0, 0.05) is 70.9 Å². The summed E-state index contributed by atoms with van der Waals surface area (Å²) in [6, 6.07) is 9.52. The molecule has 1 aromatic carbocycles. The summed E-state index contributed by atoms with van der Waals surface area (Å²) in [5.41, 5.74) is 1.38. The highest BCUT2D eigenvalue weighted by Gasteiger charge is 2.30. The number of piperidine rings is 1. The Kier molecular flexibility index (Phi) is 10.5. The van der Waals surface area contributed by atoms with E-state index >= 15 is 0 Å². The summed E-state index contributed by atoms with van der Waals surface area (Å²) in [5, 5.41) is 3.52. The maximum Gasteiger partial charge on any atom is 0.119 e. The lowest BCUT2D eigenvalue weighted by Crippen LogP contribution is -2.55. The highest BCUT2D eigenvalue weighted by Crippen LogP contribution is 2.24. The van der Waals surface area contributed by atoms with Gasteiger partial charge in [0.05, 0.1) is 6.61 Å². The zero-order valence-electron chi connectivity index (χ0n) is 17.7. The fraction of sp³-hybridized carbons (Fsp3) is 0.727. The van der Waals surface area contributed by atoms with Crippen LogP contribution in [-0.4, -0.2) is 86.3 Å². The van der Waals surface area contributed by atoms with Crippen LogP contribution in [0.25, 0.3) is 0 Å². The number of fused-ring (bicyclic) bond motifs is 1. The topological polar surface area (TPSA) is 31.0 Å². The average molecular weight is 445 g/mol. The number of piperazine rings is 2. The van der Waals surface area contributed by atoms with Gasteiger partial charge in [0.2, 0.25) is 0 Å². The van der Waals surface area contributed by atoms with Crippen molar-refractivity contribution in [3.05, 3.63) is 29.8 Å². The van der Waals surface area contributed by atoms with Crippen molar-refractivity contribution in [3.8, 4) is 5.75 Å². The van der Waals surface area contributed by atoms with Gasteiger partial charge >= 0.3 is 0 Å². The molecule has 0 saturated carbocycles. The lowest BCUT2D eigenvalue weighted by molar-refractivity contribution is 0.0649. The van der Waals surface area contributed by atoms with Crippen molar-refractivity contribution in [1.82, 2.24) is 20.0 Å². The van der Waals surface area contributed by atoms with Gasteiger partial charge in [0.1, 0.15) is 5.75 Å². The number of rotatable bonds is 6. The summed E-state index contributed by atoms with van der Waals surface area (Å²) in [6.07, 6.45) is 2.61. The number of nitrogens with zero attached hydrogens (tertiary/aromatic N) is 3. The summed E-state index contributed by atoms with van der Waals surface area (Å²) in [5.74, 6) is 1.72. The molecule has 4 rings (SSSR count). The third-order valence-electron chi connectivity index (χ3n) is 6.58. The Labute approximate surface area is 189 Å². The highest BCUT2D eigenvalue weighted by molar-refractivity contribution is 5.85. The molecular formula is C22H38Cl2N4O. The summed E-state index contributed by atoms with van der Waals surface area (Å²) in [7, 11) is 0. The van der Waals surface area contributed by atoms with Crippen molar-refractivity contribution in [2.24, 2.45) is 5.92 Å². The van der Waals surface area contributed by atoms with Gasteiger partial charge in [-0.1, -0.05) is 19.1 Å². The average Bonchev–Trinajstić information content (AvgIpc) is 2.73. The molecule has 0 radical (unpaired) electrons. The first-order valence-corrected chi connectivity index (χ1v) is 10.9. The molecule has 1 aromatic rings. The van der Waals surface area contributed by atoms with E-state index < -0.39 is 0 Å². The minimum absolute atomic E-state index is 0. The van der Waals surface area contributed by atoms with Crippen LogP contribution in [0.3, 0.4) is 0 Å². The Balaban J connectivity index is 0.00000150. The van der Waals surface area contributed by atoms with Crippen LogP contribution in [0.2, 0.25) is 0 Å². The number of hydrogen-bond acceptors (Lipinski definition) is 5. The molecular weight excluding hydrogens is 407 g/mol. The Hall–Kier alpha value is -0.560. The second-order valence-corrected chi connectivity index (χ2v) is 8.47. The number of halogens is 2. The Morgan fingerprint density at radius 1 is 1.03 bits per heavy atom. The maximum absolute atomic E-state index is 6.22. The van der Waals surface area contributed by atoms with Crippen LogP contribution in [0.15, 0.2) is 24.3 Å². The molecule has 166 valence electrons. The largest absolute Gasteiger partial charge is 0.493 e. The Morgan fingerprint density at radius 3 is 2.62 bits per heavy atom. The molecule has 5 nitrogen and oxygen atoms in total. The first-order chi connectivity index (χ1) is 13.3. The van der Waals surface area contributed by atoms with Crippen LogP contribution in [0.5, 0.6) is 5.75 Å². The van der Waals surface area contributed by atoms with Gasteiger partial charge in [0.15, 0.2) is 0 Å². The van der Waals surface area contributed by atoms with E-state index in [2.05, 4.69) is 51.2 Å². The highest BCUT2D eigenvalue weighted by atomic mass is 35.5. The molecule has 0 spiro atoms. The first-order valence-electron chi connectivity index (χ1n) is 10.9. The third kappa shape index (κ3) is 6.98. The zero-order chi connectivity index (χ0) is 18.5. The van der Waals surface area contributed by atoms with Crippen LogP contribution < -0.4 is 10.1 Å². The minimum Gasteiger partial charge on any atom is -0.493 e. The van der Waals surface area contributed by atoms with Crippen molar-refractivity contribution in [2.45, 2.75) is 32.4 Å². The molecule has 0 bridgehead atoms. The molecule has 7 heteroatoms. The molecule has 3 saturated heterocycles. The number of benzene rings is 1. The van der Waals surface area contributed by atoms with Crippen molar-refractivity contribution in [3.63, 3.8) is 0 Å². The first kappa shape index (κ1) is 24.7. The van der Waals surface area contributed by atoms with E-state index in [1.807, 2.05) is 0 Å². The van der Waals surface area contributed by atoms with Crippen LogP contribution in [0.4, 0.5) is 0 Å². The van der Waals surface area contributed by atoms with Crippen molar-refractivity contribution >= 4 is 24.8 Å². The lowest BCUT2D eigenvalue weighted by atomic mass is 9.92. The normalized spacial score (nSPS) is 26.1. The van der Waals surface area contributed by atoms with E-state index in [1.54, 1.807) is 0 Å². The third-order valence-corrected chi connectivity index (χ3v) is 6.58. The predicted molar refractivity (Wildman–Crippen MR) is 125 cm³/mol. The minimum atomic E-state index is 0. The molecule has 0 amide bonds. The Bertz CT molecular complexity index is 598. The molecule has 29 heavy (non-hydrogen) atoms. The lowest BCUT2D eigenvalue weighted by Gasteiger charge is -2.42. The van der Waals surface area contributed by atoms with E-state index in [-0.39, 0.29) is 24.8 Å². The maximum atomic E-state index is 6.22. The summed E-state index contributed by atoms with van der Waals surface area (Å²) >= 11 is 0. The SMILES string of the molecule is CCN1CCN(Cc2cccc(OC[C@H]3CC[C@H]4CNCCN4C3)c2)CC1.Cl.Cl. The molecule has 3 heterocycles. The van der Waals surface area contributed by atoms with Gasteiger partial charge in [-0.25, -0.2) is 0 Å². The summed E-state index contributed by atoms with van der Waals surface area (Å²) < 4.78 is 6.22. The van der Waals surface area contributed by atoms with Crippen LogP contribution in [0.1, 0.15) is 25.3 Å². The standard InChI is InChI=1S/C22H36N4O.2ClH/c1-2-24-10-12-25(13-11-24)16-19-4-3-5-22(14-19)27-18-20-6-7-21-15-23-8-9-26(21)17-20;;/h3-5,14,20-21,23H,2,6-13,15-18H2,1H3;2*1H/t20-,21-;;/m0../s1. The monoisotopic (exact) mass is 444 g/mol. The molecule has 0 unspecified atom stereocenters. The van der Waals surface area contributed by atoms with Gasteiger partial charge in [0.25, 0.3) is 0 Å². The second-order valence-electron chi connectivity index (χ2n) is 8.47. The van der Waals surface area contributed by atoms with Crippen molar-refractivity contribution in [2.75, 3.05) is 65.5 Å². The van der Waals surface area contributed by atoms with Gasteiger partial charge in [-0.2, -0.15) is 0 Å². The van der Waals surface area contributed by atoms with Crippen molar-refractivity contribution in [1.29, 1.82) is 0 Å². The van der Waals surface area contributed by atoms with Gasteiger partial charge < -0.3 is 15.0 Å². The molecule has 0 aliphatic carbocycles. The van der Waals surface area contributed by atoms with E-state index in [1.165, 1.54) is 70.8 Å². The van der Waals surface area contributed by atoms with Crippen LogP contribution in [-0.2, 0) is 6.54 Å². The number of ether oxygens (including phenoxy) is 1. The van der Waals surface area contributed by atoms with Crippen molar-refractivity contribution < 1.29 is 4.74 Å².